The molecule has 0 aliphatic heterocycles. The maximum Gasteiger partial charge on any atom is 0.344 e. The summed E-state index contributed by atoms with van der Waals surface area (Å²) in [5.74, 6) is -1.08. The summed E-state index contributed by atoms with van der Waals surface area (Å²) in [6, 6.07) is 8.26. The van der Waals surface area contributed by atoms with Crippen molar-refractivity contribution in [2.75, 3.05) is 11.9 Å². The molecule has 0 bridgehead atoms. The summed E-state index contributed by atoms with van der Waals surface area (Å²) in [4.78, 5) is 27.5. The Kier molecular flexibility index (Phi) is 6.08. The molecule has 6 nitrogen and oxygen atoms in total. The molecule has 0 saturated heterocycles. The molecule has 1 atom stereocenters. The largest absolute Gasteiger partial charge is 0.482 e. The van der Waals surface area contributed by atoms with Crippen LogP contribution >= 0.6 is 11.6 Å². The monoisotopic (exact) mass is 352 g/mol. The molecule has 1 amide bonds. The molecule has 2 rings (SSSR count). The third-order valence-corrected chi connectivity index (χ3v) is 3.05. The molecular weight excluding hydrogens is 339 g/mol. The van der Waals surface area contributed by atoms with Gasteiger partial charge >= 0.3 is 5.97 Å². The molecule has 0 aliphatic carbocycles. The van der Waals surface area contributed by atoms with Crippen molar-refractivity contribution >= 4 is 29.3 Å². The second-order valence-corrected chi connectivity index (χ2v) is 5.16. The minimum absolute atomic E-state index is 0.287. The van der Waals surface area contributed by atoms with E-state index in [4.69, 9.17) is 21.1 Å². The molecule has 8 heteroatoms. The quantitative estimate of drug-likeness (QED) is 0.809. The van der Waals surface area contributed by atoms with Crippen molar-refractivity contribution in [3.05, 3.63) is 53.4 Å². The summed E-state index contributed by atoms with van der Waals surface area (Å²) in [6.45, 7) is 1.02. The van der Waals surface area contributed by atoms with E-state index in [2.05, 4.69) is 10.3 Å². The van der Waals surface area contributed by atoms with Gasteiger partial charge < -0.3 is 14.8 Å². The predicted octanol–water partition coefficient (Wildman–Crippen LogP) is 2.82. The third kappa shape index (κ3) is 5.51. The Morgan fingerprint density at radius 2 is 1.96 bits per heavy atom. The zero-order valence-electron chi connectivity index (χ0n) is 12.7. The number of rotatable bonds is 6. The lowest BCUT2D eigenvalue weighted by Gasteiger charge is -2.13. The van der Waals surface area contributed by atoms with E-state index in [0.717, 1.165) is 0 Å². The zero-order chi connectivity index (χ0) is 17.5. The van der Waals surface area contributed by atoms with Crippen LogP contribution in [-0.2, 0) is 14.3 Å². The second kappa shape index (κ2) is 8.26. The molecule has 1 aromatic carbocycles. The number of amides is 1. The lowest BCUT2D eigenvalue weighted by Crippen LogP contribution is -2.31. The number of nitrogens with one attached hydrogen (secondary N) is 1. The number of carbonyl (C=O) groups excluding carboxylic acids is 2. The maximum absolute atomic E-state index is 12.7. The molecule has 1 N–H and O–H groups in total. The third-order valence-electron chi connectivity index (χ3n) is 2.83. The zero-order valence-corrected chi connectivity index (χ0v) is 13.4. The van der Waals surface area contributed by atoms with Crippen LogP contribution in [0.4, 0.5) is 10.2 Å². The van der Waals surface area contributed by atoms with Gasteiger partial charge in [0.05, 0.1) is 5.02 Å². The fraction of sp³-hybridized carbons (Fsp3) is 0.188. The number of carbonyl (C=O) groups is 2. The number of aromatic nitrogens is 1. The van der Waals surface area contributed by atoms with Crippen LogP contribution in [0.3, 0.4) is 0 Å². The SMILES string of the molecule is C[C@H](OC(=O)COc1ccc(F)cc1)C(=O)Nc1ccc(Cl)cn1. The van der Waals surface area contributed by atoms with Gasteiger partial charge in [-0.05, 0) is 43.3 Å². The Morgan fingerprint density at radius 3 is 2.58 bits per heavy atom. The number of nitrogens with zero attached hydrogens (tertiary/aromatic N) is 1. The van der Waals surface area contributed by atoms with Crippen molar-refractivity contribution in [3.63, 3.8) is 0 Å². The molecule has 126 valence electrons. The van der Waals surface area contributed by atoms with Gasteiger partial charge in [0.1, 0.15) is 17.4 Å². The van der Waals surface area contributed by atoms with Gasteiger partial charge in [-0.25, -0.2) is 14.2 Å². The van der Waals surface area contributed by atoms with E-state index in [1.807, 2.05) is 0 Å². The number of benzene rings is 1. The fourth-order valence-corrected chi connectivity index (χ4v) is 1.75. The van der Waals surface area contributed by atoms with E-state index in [1.54, 1.807) is 6.07 Å². The molecule has 0 spiro atoms. The molecular formula is C16H14ClFN2O4. The summed E-state index contributed by atoms with van der Waals surface area (Å²) < 4.78 is 22.8. The highest BCUT2D eigenvalue weighted by molar-refractivity contribution is 6.30. The Labute approximate surface area is 142 Å². The van der Waals surface area contributed by atoms with Crippen molar-refractivity contribution < 1.29 is 23.5 Å². The molecule has 0 aliphatic rings. The van der Waals surface area contributed by atoms with Gasteiger partial charge in [-0.15, -0.1) is 0 Å². The van der Waals surface area contributed by atoms with E-state index < -0.39 is 30.4 Å². The minimum Gasteiger partial charge on any atom is -0.482 e. The first kappa shape index (κ1) is 17.7. The van der Waals surface area contributed by atoms with Gasteiger partial charge in [-0.2, -0.15) is 0 Å². The molecule has 0 fully saturated rings. The van der Waals surface area contributed by atoms with Crippen molar-refractivity contribution in [2.45, 2.75) is 13.0 Å². The number of hydrogen-bond acceptors (Lipinski definition) is 5. The highest BCUT2D eigenvalue weighted by atomic mass is 35.5. The maximum atomic E-state index is 12.7. The average molecular weight is 353 g/mol. The number of esters is 1. The van der Waals surface area contributed by atoms with Crippen LogP contribution in [0, 0.1) is 5.82 Å². The van der Waals surface area contributed by atoms with E-state index in [9.17, 15) is 14.0 Å². The van der Waals surface area contributed by atoms with Crippen molar-refractivity contribution in [3.8, 4) is 5.75 Å². The topological polar surface area (TPSA) is 77.5 Å². The van der Waals surface area contributed by atoms with Crippen LogP contribution in [0.2, 0.25) is 5.02 Å². The van der Waals surface area contributed by atoms with Gasteiger partial charge in [0.15, 0.2) is 12.7 Å². The number of halogens is 2. The normalized spacial score (nSPS) is 11.5. The molecule has 0 unspecified atom stereocenters. The van der Waals surface area contributed by atoms with Crippen LogP contribution in [-0.4, -0.2) is 29.6 Å². The van der Waals surface area contributed by atoms with Crippen LogP contribution in [0.25, 0.3) is 0 Å². The number of anilines is 1. The van der Waals surface area contributed by atoms with E-state index >= 15 is 0 Å². The smallest absolute Gasteiger partial charge is 0.344 e. The van der Waals surface area contributed by atoms with Gasteiger partial charge in [0.2, 0.25) is 0 Å². The molecule has 2 aromatic rings. The lowest BCUT2D eigenvalue weighted by molar-refractivity contribution is -0.155. The summed E-state index contributed by atoms with van der Waals surface area (Å²) in [5.41, 5.74) is 0. The lowest BCUT2D eigenvalue weighted by atomic mass is 10.3. The summed E-state index contributed by atoms with van der Waals surface area (Å²) >= 11 is 5.69. The second-order valence-electron chi connectivity index (χ2n) is 4.73. The van der Waals surface area contributed by atoms with Gasteiger partial charge in [0, 0.05) is 6.20 Å². The molecule has 1 heterocycles. The van der Waals surface area contributed by atoms with Crippen molar-refractivity contribution in [1.82, 2.24) is 4.98 Å². The molecule has 0 radical (unpaired) electrons. The van der Waals surface area contributed by atoms with Crippen LogP contribution in [0.1, 0.15) is 6.92 Å². The number of pyridine rings is 1. The first-order chi connectivity index (χ1) is 11.4. The Hall–Kier alpha value is -2.67. The van der Waals surface area contributed by atoms with E-state index in [1.165, 1.54) is 43.5 Å². The first-order valence-corrected chi connectivity index (χ1v) is 7.32. The Bertz CT molecular complexity index is 707. The van der Waals surface area contributed by atoms with Crippen LogP contribution in [0.5, 0.6) is 5.75 Å². The van der Waals surface area contributed by atoms with Crippen LogP contribution in [0.15, 0.2) is 42.6 Å². The van der Waals surface area contributed by atoms with Crippen LogP contribution < -0.4 is 10.1 Å². The summed E-state index contributed by atoms with van der Waals surface area (Å²) in [7, 11) is 0. The minimum atomic E-state index is -1.04. The highest BCUT2D eigenvalue weighted by Crippen LogP contribution is 2.12. The highest BCUT2D eigenvalue weighted by Gasteiger charge is 2.18. The van der Waals surface area contributed by atoms with Crippen molar-refractivity contribution in [2.24, 2.45) is 0 Å². The number of ether oxygens (including phenoxy) is 2. The summed E-state index contributed by atoms with van der Waals surface area (Å²) in [6.07, 6.45) is 0.344. The standard InChI is InChI=1S/C16H14ClFN2O4/c1-10(16(22)20-14-7-2-11(17)8-19-14)24-15(21)9-23-13-5-3-12(18)4-6-13/h2-8,10H,9H2,1H3,(H,19,20,22)/t10-/m0/s1. The van der Waals surface area contributed by atoms with Gasteiger partial charge in [-0.1, -0.05) is 11.6 Å². The first-order valence-electron chi connectivity index (χ1n) is 6.94. The molecule has 24 heavy (non-hydrogen) atoms. The molecule has 0 saturated carbocycles. The Morgan fingerprint density at radius 1 is 1.25 bits per heavy atom. The summed E-state index contributed by atoms with van der Waals surface area (Å²) in [5, 5.41) is 2.92. The van der Waals surface area contributed by atoms with Crippen molar-refractivity contribution in [1.29, 1.82) is 0 Å². The van der Waals surface area contributed by atoms with Gasteiger partial charge in [-0.3, -0.25) is 4.79 Å². The predicted molar refractivity (Wildman–Crippen MR) is 85.3 cm³/mol. The fourth-order valence-electron chi connectivity index (χ4n) is 1.64. The van der Waals surface area contributed by atoms with Gasteiger partial charge in [0.25, 0.3) is 5.91 Å². The van der Waals surface area contributed by atoms with E-state index in [0.29, 0.717) is 10.8 Å². The Balaban J connectivity index is 1.78. The average Bonchev–Trinajstić information content (AvgIpc) is 2.56. The number of hydrogen-bond donors (Lipinski definition) is 1. The molecule has 1 aromatic heterocycles. The van der Waals surface area contributed by atoms with E-state index in [-0.39, 0.29) is 5.82 Å².